The predicted octanol–water partition coefficient (Wildman–Crippen LogP) is 9.48. The molecule has 0 saturated heterocycles. The molecule has 0 fully saturated rings. The zero-order chi connectivity index (χ0) is 28.1. The molecule has 0 radical (unpaired) electrons. The molecule has 1 N–H and O–H groups in total. The van der Waals surface area contributed by atoms with Gasteiger partial charge in [0.1, 0.15) is 6.10 Å². The first-order valence-corrected chi connectivity index (χ1v) is 16.2. The van der Waals surface area contributed by atoms with Crippen LogP contribution in [0.2, 0.25) is 0 Å². The molecule has 0 saturated carbocycles. The van der Waals surface area contributed by atoms with Gasteiger partial charge in [-0.2, -0.15) is 0 Å². The van der Waals surface area contributed by atoms with E-state index in [2.05, 4.69) is 24.0 Å². The first kappa shape index (κ1) is 36.6. The number of esters is 1. The predicted molar refractivity (Wildman–Crippen MR) is 162 cm³/mol. The van der Waals surface area contributed by atoms with Crippen LogP contribution in [0.25, 0.3) is 0 Å². The zero-order valence-corrected chi connectivity index (χ0v) is 25.5. The van der Waals surface area contributed by atoms with Crippen molar-refractivity contribution in [2.45, 2.75) is 167 Å². The highest BCUT2D eigenvalue weighted by atomic mass is 16.5. The number of unbranched alkanes of at least 4 members (excludes halogenated alkanes) is 16. The highest BCUT2D eigenvalue weighted by molar-refractivity contribution is 5.69. The molecule has 0 spiro atoms. The van der Waals surface area contributed by atoms with Crippen LogP contribution in [0.15, 0.2) is 12.2 Å². The average molecular weight is 538 g/mol. The Labute approximate surface area is 236 Å². The van der Waals surface area contributed by atoms with Gasteiger partial charge in [-0.05, 0) is 84.8 Å². The molecule has 0 heterocycles. The Hall–Kier alpha value is -1.36. The summed E-state index contributed by atoms with van der Waals surface area (Å²) in [5.41, 5.74) is 0. The number of carboxylic acid groups (broad SMARTS) is 1. The molecule has 0 amide bonds. The number of ether oxygens (including phenoxy) is 1. The van der Waals surface area contributed by atoms with Crippen molar-refractivity contribution in [3.63, 3.8) is 0 Å². The lowest BCUT2D eigenvalue weighted by Crippen LogP contribution is -2.20. The Morgan fingerprint density at radius 3 is 1.63 bits per heavy atom. The maximum absolute atomic E-state index is 12.3. The standard InChI is InChI=1S/C33H63NO4/c1-4-5-6-22-26-31(38-33(37)29-25-30-34(2)3)27-23-20-18-16-14-12-10-8-7-9-11-13-15-17-19-21-24-28-32(35)36/h9,11,31H,4-8,10,12-30H2,1-3H3,(H,35,36)/b11-9-. The fraction of sp³-hybridized carbons (Fsp3) is 0.879. The minimum absolute atomic E-state index is 0.00727. The van der Waals surface area contributed by atoms with Crippen LogP contribution >= 0.6 is 0 Å². The van der Waals surface area contributed by atoms with Crippen molar-refractivity contribution >= 4 is 11.9 Å². The summed E-state index contributed by atoms with van der Waals surface area (Å²) in [5, 5.41) is 8.63. The van der Waals surface area contributed by atoms with Crippen molar-refractivity contribution in [2.75, 3.05) is 20.6 Å². The molecule has 0 aromatic heterocycles. The molecule has 0 rings (SSSR count). The van der Waals surface area contributed by atoms with E-state index in [0.29, 0.717) is 12.8 Å². The van der Waals surface area contributed by atoms with Crippen molar-refractivity contribution in [1.29, 1.82) is 0 Å². The van der Waals surface area contributed by atoms with Gasteiger partial charge in [-0.3, -0.25) is 9.59 Å². The van der Waals surface area contributed by atoms with E-state index in [1.165, 1.54) is 96.3 Å². The Morgan fingerprint density at radius 2 is 1.13 bits per heavy atom. The van der Waals surface area contributed by atoms with Gasteiger partial charge < -0.3 is 14.7 Å². The number of hydrogen-bond donors (Lipinski definition) is 1. The van der Waals surface area contributed by atoms with Crippen LogP contribution < -0.4 is 0 Å². The summed E-state index contributed by atoms with van der Waals surface area (Å²) < 4.78 is 5.87. The van der Waals surface area contributed by atoms with Crippen LogP contribution in [0.1, 0.15) is 161 Å². The largest absolute Gasteiger partial charge is 0.481 e. The van der Waals surface area contributed by atoms with Crippen LogP contribution in [0.5, 0.6) is 0 Å². The minimum Gasteiger partial charge on any atom is -0.481 e. The Balaban J connectivity index is 3.68. The van der Waals surface area contributed by atoms with E-state index in [9.17, 15) is 9.59 Å². The zero-order valence-electron chi connectivity index (χ0n) is 25.5. The quantitative estimate of drug-likeness (QED) is 0.0584. The van der Waals surface area contributed by atoms with Crippen LogP contribution in [0.4, 0.5) is 0 Å². The molecule has 0 aliphatic rings. The monoisotopic (exact) mass is 537 g/mol. The molecule has 0 aromatic rings. The minimum atomic E-state index is -0.674. The maximum atomic E-state index is 12.3. The normalized spacial score (nSPS) is 12.4. The molecule has 38 heavy (non-hydrogen) atoms. The van der Waals surface area contributed by atoms with Gasteiger partial charge in [-0.15, -0.1) is 0 Å². The summed E-state index contributed by atoms with van der Waals surface area (Å²) in [6, 6.07) is 0. The van der Waals surface area contributed by atoms with E-state index in [-0.39, 0.29) is 12.1 Å². The van der Waals surface area contributed by atoms with Crippen LogP contribution in [0, 0.1) is 0 Å². The first-order valence-electron chi connectivity index (χ1n) is 16.2. The van der Waals surface area contributed by atoms with E-state index < -0.39 is 5.97 Å². The molecule has 0 bridgehead atoms. The summed E-state index contributed by atoms with van der Waals surface area (Å²) in [5.74, 6) is -0.681. The average Bonchev–Trinajstić information content (AvgIpc) is 2.87. The molecule has 0 aliphatic carbocycles. The summed E-state index contributed by atoms with van der Waals surface area (Å²) >= 11 is 0. The van der Waals surface area contributed by atoms with Gasteiger partial charge in [-0.25, -0.2) is 0 Å². The number of hydrogen-bond acceptors (Lipinski definition) is 4. The second kappa shape index (κ2) is 28.6. The summed E-state index contributed by atoms with van der Waals surface area (Å²) in [6.45, 7) is 3.17. The topological polar surface area (TPSA) is 66.8 Å². The van der Waals surface area contributed by atoms with Crippen LogP contribution in [-0.2, 0) is 14.3 Å². The number of aliphatic carboxylic acids is 1. The lowest BCUT2D eigenvalue weighted by atomic mass is 10.0. The van der Waals surface area contributed by atoms with E-state index in [0.717, 1.165) is 51.5 Å². The first-order chi connectivity index (χ1) is 18.5. The van der Waals surface area contributed by atoms with Crippen LogP contribution in [0.3, 0.4) is 0 Å². The fourth-order valence-electron chi connectivity index (χ4n) is 4.84. The second-order valence-corrected chi connectivity index (χ2v) is 11.4. The van der Waals surface area contributed by atoms with Crippen molar-refractivity contribution in [3.8, 4) is 0 Å². The van der Waals surface area contributed by atoms with E-state index >= 15 is 0 Å². The van der Waals surface area contributed by atoms with E-state index in [1.807, 2.05) is 14.1 Å². The van der Waals surface area contributed by atoms with Gasteiger partial charge >= 0.3 is 11.9 Å². The number of carbonyl (C=O) groups excluding carboxylic acids is 1. The molecule has 1 atom stereocenters. The highest BCUT2D eigenvalue weighted by Gasteiger charge is 2.14. The molecule has 5 nitrogen and oxygen atoms in total. The van der Waals surface area contributed by atoms with Gasteiger partial charge in [0.05, 0.1) is 0 Å². The number of carbonyl (C=O) groups is 2. The molecule has 0 aliphatic heterocycles. The lowest BCUT2D eigenvalue weighted by molar-refractivity contribution is -0.150. The molecular weight excluding hydrogens is 474 g/mol. The molecule has 1 unspecified atom stereocenters. The Bertz CT molecular complexity index is 561. The number of rotatable bonds is 29. The lowest BCUT2D eigenvalue weighted by Gasteiger charge is -2.18. The third-order valence-electron chi connectivity index (χ3n) is 7.24. The maximum Gasteiger partial charge on any atom is 0.306 e. The second-order valence-electron chi connectivity index (χ2n) is 11.4. The van der Waals surface area contributed by atoms with E-state index in [1.54, 1.807) is 0 Å². The third-order valence-corrected chi connectivity index (χ3v) is 7.24. The van der Waals surface area contributed by atoms with E-state index in [4.69, 9.17) is 9.84 Å². The van der Waals surface area contributed by atoms with Crippen LogP contribution in [-0.4, -0.2) is 48.7 Å². The van der Waals surface area contributed by atoms with Crippen molar-refractivity contribution in [1.82, 2.24) is 4.90 Å². The van der Waals surface area contributed by atoms with Crippen molar-refractivity contribution in [3.05, 3.63) is 12.2 Å². The number of nitrogens with zero attached hydrogens (tertiary/aromatic N) is 1. The van der Waals surface area contributed by atoms with Gasteiger partial charge in [0.15, 0.2) is 0 Å². The Kier molecular flexibility index (Phi) is 27.6. The highest BCUT2D eigenvalue weighted by Crippen LogP contribution is 2.18. The molecule has 5 heteroatoms. The SMILES string of the molecule is CCCCCCC(CCCCCCCCCC/C=C\CCCCCCCC(=O)O)OC(=O)CCCN(C)C. The number of allylic oxidation sites excluding steroid dienone is 2. The van der Waals surface area contributed by atoms with Gasteiger partial charge in [0.25, 0.3) is 0 Å². The molecule has 224 valence electrons. The molecule has 0 aromatic carbocycles. The van der Waals surface area contributed by atoms with Gasteiger partial charge in [0.2, 0.25) is 0 Å². The summed E-state index contributed by atoms with van der Waals surface area (Å²) in [7, 11) is 4.09. The summed E-state index contributed by atoms with van der Waals surface area (Å²) in [4.78, 5) is 24.9. The Morgan fingerprint density at radius 1 is 0.658 bits per heavy atom. The third kappa shape index (κ3) is 29.2. The summed E-state index contributed by atoms with van der Waals surface area (Å²) in [6.07, 6.45) is 31.7. The van der Waals surface area contributed by atoms with Gasteiger partial charge in [0, 0.05) is 12.8 Å². The molecular formula is C33H63NO4. The van der Waals surface area contributed by atoms with Gasteiger partial charge in [-0.1, -0.05) is 96.1 Å². The number of carboxylic acids is 1. The fourth-order valence-corrected chi connectivity index (χ4v) is 4.84. The van der Waals surface area contributed by atoms with Crippen molar-refractivity contribution in [2.24, 2.45) is 0 Å². The van der Waals surface area contributed by atoms with Crippen molar-refractivity contribution < 1.29 is 19.4 Å². The smallest absolute Gasteiger partial charge is 0.306 e.